The fraction of sp³-hybridized carbons (Fsp3) is 0.292. The summed E-state index contributed by atoms with van der Waals surface area (Å²) in [5.74, 6) is -0.659. The maximum Gasteiger partial charge on any atom is 0.283 e. The monoisotopic (exact) mass is 453 g/mol. The minimum Gasteiger partial charge on any atom is -0.497 e. The number of amides is 3. The zero-order valence-electron chi connectivity index (χ0n) is 17.7. The van der Waals surface area contributed by atoms with Crippen LogP contribution in [0, 0.1) is 0 Å². The largest absolute Gasteiger partial charge is 0.497 e. The van der Waals surface area contributed by atoms with Crippen molar-refractivity contribution in [1.82, 2.24) is 5.32 Å². The standard InChI is InChI=1S/C24H24ClN3O4/c1-32-19-13-11-18(12-14-19)28-23(30)20(25)21(24(28)31)26-17-9-7-15(8-10-17)22(29)27-16-5-3-2-4-6-16/h7-14,16,26H,2-6H2,1H3,(H,27,29). The molecule has 0 aromatic heterocycles. The topological polar surface area (TPSA) is 87.7 Å². The first kappa shape index (κ1) is 21.9. The summed E-state index contributed by atoms with van der Waals surface area (Å²) >= 11 is 6.18. The summed E-state index contributed by atoms with van der Waals surface area (Å²) in [6, 6.07) is 13.5. The average molecular weight is 454 g/mol. The first-order valence-electron chi connectivity index (χ1n) is 10.6. The summed E-state index contributed by atoms with van der Waals surface area (Å²) in [5.41, 5.74) is 1.47. The highest BCUT2D eigenvalue weighted by molar-refractivity contribution is 6.53. The lowest BCUT2D eigenvalue weighted by atomic mass is 9.95. The minimum absolute atomic E-state index is 0.00751. The fourth-order valence-electron chi connectivity index (χ4n) is 3.94. The summed E-state index contributed by atoms with van der Waals surface area (Å²) in [5, 5.41) is 5.81. The number of ether oxygens (including phenoxy) is 1. The molecule has 2 aromatic rings. The molecule has 1 saturated carbocycles. The number of imide groups is 1. The van der Waals surface area contributed by atoms with Crippen LogP contribution in [0.2, 0.25) is 0 Å². The molecular formula is C24H24ClN3O4. The Kier molecular flexibility index (Phi) is 6.46. The van der Waals surface area contributed by atoms with Crippen LogP contribution in [-0.2, 0) is 9.59 Å². The Hall–Kier alpha value is -3.32. The van der Waals surface area contributed by atoms with Gasteiger partial charge in [-0.05, 0) is 61.4 Å². The van der Waals surface area contributed by atoms with E-state index in [1.54, 1.807) is 48.5 Å². The lowest BCUT2D eigenvalue weighted by Gasteiger charge is -2.22. The summed E-state index contributed by atoms with van der Waals surface area (Å²) in [6.45, 7) is 0. The Morgan fingerprint density at radius 2 is 1.62 bits per heavy atom. The van der Waals surface area contributed by atoms with E-state index in [0.717, 1.165) is 30.6 Å². The predicted octanol–water partition coefficient (Wildman–Crippen LogP) is 4.19. The molecule has 166 valence electrons. The molecule has 2 aliphatic rings. The molecule has 0 spiro atoms. The Labute approximate surface area is 191 Å². The lowest BCUT2D eigenvalue weighted by molar-refractivity contribution is -0.120. The predicted molar refractivity (Wildman–Crippen MR) is 123 cm³/mol. The van der Waals surface area contributed by atoms with Gasteiger partial charge in [-0.2, -0.15) is 0 Å². The number of carbonyl (C=O) groups excluding carboxylic acids is 3. The van der Waals surface area contributed by atoms with Gasteiger partial charge in [0.1, 0.15) is 16.5 Å². The molecule has 7 nitrogen and oxygen atoms in total. The number of hydrogen-bond acceptors (Lipinski definition) is 5. The second-order valence-electron chi connectivity index (χ2n) is 7.84. The fourth-order valence-corrected chi connectivity index (χ4v) is 4.15. The van der Waals surface area contributed by atoms with Gasteiger partial charge in [0.05, 0.1) is 12.8 Å². The van der Waals surface area contributed by atoms with E-state index in [4.69, 9.17) is 16.3 Å². The van der Waals surface area contributed by atoms with Crippen molar-refractivity contribution >= 4 is 40.7 Å². The van der Waals surface area contributed by atoms with Crippen molar-refractivity contribution in [3.63, 3.8) is 0 Å². The van der Waals surface area contributed by atoms with Crippen molar-refractivity contribution in [3.05, 3.63) is 64.8 Å². The van der Waals surface area contributed by atoms with Gasteiger partial charge in [-0.15, -0.1) is 0 Å². The number of rotatable bonds is 6. The molecule has 8 heteroatoms. The summed E-state index contributed by atoms with van der Waals surface area (Å²) < 4.78 is 5.11. The third-order valence-corrected chi connectivity index (χ3v) is 6.07. The summed E-state index contributed by atoms with van der Waals surface area (Å²) in [6.07, 6.45) is 5.54. The smallest absolute Gasteiger partial charge is 0.283 e. The van der Waals surface area contributed by atoms with E-state index in [2.05, 4.69) is 10.6 Å². The number of methoxy groups -OCH3 is 1. The molecule has 1 aliphatic carbocycles. The maximum atomic E-state index is 12.9. The van der Waals surface area contributed by atoms with Crippen LogP contribution in [0.25, 0.3) is 0 Å². The van der Waals surface area contributed by atoms with Crippen molar-refractivity contribution < 1.29 is 19.1 Å². The van der Waals surface area contributed by atoms with E-state index in [9.17, 15) is 14.4 Å². The molecule has 2 aromatic carbocycles. The maximum absolute atomic E-state index is 12.9. The number of halogens is 1. The molecule has 0 saturated heterocycles. The van der Waals surface area contributed by atoms with E-state index >= 15 is 0 Å². The van der Waals surface area contributed by atoms with Gasteiger partial charge < -0.3 is 15.4 Å². The van der Waals surface area contributed by atoms with Crippen molar-refractivity contribution in [3.8, 4) is 5.75 Å². The van der Waals surface area contributed by atoms with Crippen LogP contribution in [0.3, 0.4) is 0 Å². The molecule has 3 amide bonds. The first-order chi connectivity index (χ1) is 15.5. The van der Waals surface area contributed by atoms with Gasteiger partial charge in [-0.25, -0.2) is 4.90 Å². The van der Waals surface area contributed by atoms with Crippen LogP contribution in [0.15, 0.2) is 59.3 Å². The average Bonchev–Trinajstić information content (AvgIpc) is 3.03. The van der Waals surface area contributed by atoms with E-state index in [-0.39, 0.29) is 22.7 Å². The van der Waals surface area contributed by atoms with Gasteiger partial charge in [0.25, 0.3) is 17.7 Å². The molecule has 0 atom stereocenters. The molecule has 0 unspecified atom stereocenters. The van der Waals surface area contributed by atoms with E-state index in [1.165, 1.54) is 13.5 Å². The normalized spacial score (nSPS) is 17.0. The van der Waals surface area contributed by atoms with Crippen LogP contribution in [-0.4, -0.2) is 30.9 Å². The third-order valence-electron chi connectivity index (χ3n) is 5.71. The van der Waals surface area contributed by atoms with Crippen LogP contribution < -0.4 is 20.3 Å². The van der Waals surface area contributed by atoms with Crippen LogP contribution >= 0.6 is 11.6 Å². The Bertz CT molecular complexity index is 1060. The number of hydrogen-bond donors (Lipinski definition) is 2. The third kappa shape index (κ3) is 4.48. The molecule has 32 heavy (non-hydrogen) atoms. The van der Waals surface area contributed by atoms with Gasteiger partial charge in [0.2, 0.25) is 0 Å². The van der Waals surface area contributed by atoms with Crippen LogP contribution in [0.4, 0.5) is 11.4 Å². The number of carbonyl (C=O) groups is 3. The molecule has 1 fully saturated rings. The van der Waals surface area contributed by atoms with Gasteiger partial charge in [0.15, 0.2) is 0 Å². The van der Waals surface area contributed by atoms with Crippen LogP contribution in [0.1, 0.15) is 42.5 Å². The highest BCUT2D eigenvalue weighted by atomic mass is 35.5. The first-order valence-corrected chi connectivity index (χ1v) is 11.0. The zero-order valence-corrected chi connectivity index (χ0v) is 18.4. The zero-order chi connectivity index (χ0) is 22.7. The number of anilines is 2. The minimum atomic E-state index is -0.604. The molecule has 0 radical (unpaired) electrons. The highest BCUT2D eigenvalue weighted by Gasteiger charge is 2.39. The highest BCUT2D eigenvalue weighted by Crippen LogP contribution is 2.31. The van der Waals surface area contributed by atoms with Gasteiger partial charge in [-0.3, -0.25) is 14.4 Å². The van der Waals surface area contributed by atoms with Crippen molar-refractivity contribution in [2.24, 2.45) is 0 Å². The molecule has 4 rings (SSSR count). The van der Waals surface area contributed by atoms with E-state index in [1.807, 2.05) is 0 Å². The molecular weight excluding hydrogens is 430 g/mol. The van der Waals surface area contributed by atoms with Crippen LogP contribution in [0.5, 0.6) is 5.75 Å². The second kappa shape index (κ2) is 9.44. The summed E-state index contributed by atoms with van der Waals surface area (Å²) in [4.78, 5) is 39.0. The molecule has 1 heterocycles. The molecule has 1 aliphatic heterocycles. The Balaban J connectivity index is 1.44. The van der Waals surface area contributed by atoms with Gasteiger partial charge in [0, 0.05) is 17.3 Å². The van der Waals surface area contributed by atoms with Gasteiger partial charge in [-0.1, -0.05) is 30.9 Å². The van der Waals surface area contributed by atoms with E-state index in [0.29, 0.717) is 22.7 Å². The Morgan fingerprint density at radius 3 is 2.25 bits per heavy atom. The number of nitrogens with one attached hydrogen (secondary N) is 2. The molecule has 0 bridgehead atoms. The second-order valence-corrected chi connectivity index (χ2v) is 8.22. The molecule has 2 N–H and O–H groups in total. The number of nitrogens with zero attached hydrogens (tertiary/aromatic N) is 1. The lowest BCUT2D eigenvalue weighted by Crippen LogP contribution is -2.36. The number of benzene rings is 2. The van der Waals surface area contributed by atoms with Crippen molar-refractivity contribution in [2.45, 2.75) is 38.1 Å². The Morgan fingerprint density at radius 1 is 0.969 bits per heavy atom. The van der Waals surface area contributed by atoms with Crippen molar-refractivity contribution in [2.75, 3.05) is 17.3 Å². The quantitative estimate of drug-likeness (QED) is 0.640. The van der Waals surface area contributed by atoms with E-state index < -0.39 is 11.8 Å². The SMILES string of the molecule is COc1ccc(N2C(=O)C(Cl)=C(Nc3ccc(C(=O)NC4CCCCC4)cc3)C2=O)cc1. The summed E-state index contributed by atoms with van der Waals surface area (Å²) in [7, 11) is 1.53. The van der Waals surface area contributed by atoms with Crippen molar-refractivity contribution in [1.29, 1.82) is 0 Å². The van der Waals surface area contributed by atoms with Gasteiger partial charge >= 0.3 is 0 Å².